The van der Waals surface area contributed by atoms with Crippen LogP contribution in [-0.2, 0) is 14.3 Å². The van der Waals surface area contributed by atoms with Crippen molar-refractivity contribution in [2.45, 2.75) is 84.0 Å². The number of hydrogen-bond acceptors (Lipinski definition) is 4. The molecular formula is C19H34N2O3. The van der Waals surface area contributed by atoms with Crippen LogP contribution in [0.4, 0.5) is 0 Å². The van der Waals surface area contributed by atoms with E-state index in [0.29, 0.717) is 6.42 Å². The molecule has 5 atom stereocenters. The Balaban J connectivity index is 3.17. The number of carbonyl (C=O) groups is 2. The minimum absolute atomic E-state index is 0.0258. The summed E-state index contributed by atoms with van der Waals surface area (Å²) in [6.07, 6.45) is 7.24. The first kappa shape index (κ1) is 20.8. The van der Waals surface area contributed by atoms with Crippen LogP contribution < -0.4 is 10.6 Å². The molecular weight excluding hydrogens is 304 g/mol. The van der Waals surface area contributed by atoms with E-state index in [9.17, 15) is 9.59 Å². The van der Waals surface area contributed by atoms with Gasteiger partial charge in [0.25, 0.3) is 0 Å². The number of ketones is 1. The number of allylic oxidation sites excluding steroid dienone is 1. The Bertz CT molecular complexity index is 464. The third kappa shape index (κ3) is 4.90. The third-order valence-electron chi connectivity index (χ3n) is 5.13. The Morgan fingerprint density at radius 2 is 2.08 bits per heavy atom. The van der Waals surface area contributed by atoms with Gasteiger partial charge in [-0.15, -0.1) is 0 Å². The molecule has 1 heterocycles. The lowest BCUT2D eigenvalue weighted by molar-refractivity contribution is -0.123. The van der Waals surface area contributed by atoms with Crippen LogP contribution >= 0.6 is 0 Å². The predicted molar refractivity (Wildman–Crippen MR) is 96.9 cm³/mol. The highest BCUT2D eigenvalue weighted by molar-refractivity contribution is 5.84. The van der Waals surface area contributed by atoms with Crippen LogP contribution in [0.2, 0.25) is 0 Å². The van der Waals surface area contributed by atoms with Crippen LogP contribution in [0.3, 0.4) is 0 Å². The van der Waals surface area contributed by atoms with E-state index in [0.717, 1.165) is 19.3 Å². The molecule has 0 aliphatic carbocycles. The summed E-state index contributed by atoms with van der Waals surface area (Å²) >= 11 is 0. The van der Waals surface area contributed by atoms with Crippen LogP contribution in [-0.4, -0.2) is 42.5 Å². The molecule has 2 N–H and O–H groups in total. The van der Waals surface area contributed by atoms with E-state index in [1.807, 2.05) is 26.8 Å². The van der Waals surface area contributed by atoms with Gasteiger partial charge in [0.05, 0.1) is 17.7 Å². The number of rotatable bonds is 9. The van der Waals surface area contributed by atoms with E-state index in [2.05, 4.69) is 23.6 Å². The van der Waals surface area contributed by atoms with Gasteiger partial charge in [-0.2, -0.15) is 0 Å². The summed E-state index contributed by atoms with van der Waals surface area (Å²) in [5.41, 5.74) is -0.484. The van der Waals surface area contributed by atoms with Gasteiger partial charge in [0.15, 0.2) is 0 Å². The minimum Gasteiger partial charge on any atom is -0.376 e. The topological polar surface area (TPSA) is 67.4 Å². The average molecular weight is 338 g/mol. The maximum atomic E-state index is 12.2. The first-order valence-electron chi connectivity index (χ1n) is 9.06. The predicted octanol–water partition coefficient (Wildman–Crippen LogP) is 2.60. The molecule has 138 valence electrons. The summed E-state index contributed by atoms with van der Waals surface area (Å²) in [5, 5.41) is 6.58. The Labute approximate surface area is 146 Å². The van der Waals surface area contributed by atoms with Crippen LogP contribution in [0.1, 0.15) is 60.3 Å². The first-order chi connectivity index (χ1) is 11.3. The fourth-order valence-electron chi connectivity index (χ4n) is 3.82. The van der Waals surface area contributed by atoms with Gasteiger partial charge in [-0.3, -0.25) is 9.59 Å². The molecule has 0 spiro atoms. The standard InChI is InChI=1S/C19H34N2O3/c1-7-10-14-12-15(16(23)9-3)21-17(14)18(20-13(4)22)19(5,24-6)11-8-2/h7,10,14-15,17-18,21H,8-9,11-12H2,1-6H3,(H,20,22)/b10-7-/t14-,15-,17?,18-,19+/m1/s1. The third-order valence-corrected chi connectivity index (χ3v) is 5.13. The van der Waals surface area contributed by atoms with Crippen LogP contribution in [0.5, 0.6) is 0 Å². The monoisotopic (exact) mass is 338 g/mol. The Morgan fingerprint density at radius 3 is 2.54 bits per heavy atom. The van der Waals surface area contributed by atoms with E-state index in [-0.39, 0.29) is 35.7 Å². The van der Waals surface area contributed by atoms with Crippen molar-refractivity contribution in [1.82, 2.24) is 10.6 Å². The maximum Gasteiger partial charge on any atom is 0.217 e. The van der Waals surface area contributed by atoms with E-state index in [1.54, 1.807) is 7.11 Å². The average Bonchev–Trinajstić information content (AvgIpc) is 2.95. The highest BCUT2D eigenvalue weighted by Gasteiger charge is 2.47. The van der Waals surface area contributed by atoms with Crippen molar-refractivity contribution >= 4 is 11.7 Å². The molecule has 0 aromatic heterocycles. The van der Waals surface area contributed by atoms with Crippen molar-refractivity contribution in [2.24, 2.45) is 5.92 Å². The molecule has 0 bridgehead atoms. The summed E-state index contributed by atoms with van der Waals surface area (Å²) in [7, 11) is 1.69. The van der Waals surface area contributed by atoms with Crippen LogP contribution in [0, 0.1) is 5.92 Å². The van der Waals surface area contributed by atoms with Gasteiger partial charge < -0.3 is 15.4 Å². The minimum atomic E-state index is -0.484. The zero-order valence-electron chi connectivity index (χ0n) is 16.0. The molecule has 1 unspecified atom stereocenters. The zero-order valence-corrected chi connectivity index (χ0v) is 16.0. The van der Waals surface area contributed by atoms with E-state index >= 15 is 0 Å². The highest BCUT2D eigenvalue weighted by atomic mass is 16.5. The van der Waals surface area contributed by atoms with Crippen molar-refractivity contribution in [3.05, 3.63) is 12.2 Å². The molecule has 0 saturated carbocycles. The molecule has 24 heavy (non-hydrogen) atoms. The molecule has 5 heteroatoms. The summed E-state index contributed by atoms with van der Waals surface area (Å²) in [6.45, 7) is 9.56. The fourth-order valence-corrected chi connectivity index (χ4v) is 3.82. The molecule has 0 radical (unpaired) electrons. The first-order valence-corrected chi connectivity index (χ1v) is 9.06. The van der Waals surface area contributed by atoms with Gasteiger partial charge >= 0.3 is 0 Å². The molecule has 1 rings (SSSR count). The normalized spacial score (nSPS) is 27.8. The van der Waals surface area contributed by atoms with Gasteiger partial charge in [-0.05, 0) is 32.6 Å². The van der Waals surface area contributed by atoms with Crippen molar-refractivity contribution in [2.75, 3.05) is 7.11 Å². The number of methoxy groups -OCH3 is 1. The lowest BCUT2D eigenvalue weighted by atomic mass is 9.81. The van der Waals surface area contributed by atoms with Crippen LogP contribution in [0.15, 0.2) is 12.2 Å². The Hall–Kier alpha value is -1.20. The molecule has 0 aromatic carbocycles. The quantitative estimate of drug-likeness (QED) is 0.634. The second-order valence-corrected chi connectivity index (χ2v) is 6.94. The molecule has 1 fully saturated rings. The number of Topliss-reactive ketones (excluding diaryl/α,β-unsaturated/α-hetero) is 1. The summed E-state index contributed by atoms with van der Waals surface area (Å²) in [4.78, 5) is 24.0. The SMILES string of the molecule is C/C=C\[C@@H]1C[C@H](C(=O)CC)NC1[C@@H](NC(C)=O)[C@](C)(CCC)OC. The van der Waals surface area contributed by atoms with E-state index < -0.39 is 5.60 Å². The van der Waals surface area contributed by atoms with E-state index in [1.165, 1.54) is 6.92 Å². The van der Waals surface area contributed by atoms with Gasteiger partial charge in [0, 0.05) is 26.5 Å². The lowest BCUT2D eigenvalue weighted by Gasteiger charge is -2.41. The van der Waals surface area contributed by atoms with Crippen molar-refractivity contribution in [1.29, 1.82) is 0 Å². The second-order valence-electron chi connectivity index (χ2n) is 6.94. The number of nitrogens with one attached hydrogen (secondary N) is 2. The van der Waals surface area contributed by atoms with Gasteiger partial charge in [-0.1, -0.05) is 32.4 Å². The number of amides is 1. The maximum absolute atomic E-state index is 12.2. The molecule has 0 aromatic rings. The molecule has 1 saturated heterocycles. The number of carbonyl (C=O) groups excluding carboxylic acids is 2. The number of hydrogen-bond donors (Lipinski definition) is 2. The summed E-state index contributed by atoms with van der Waals surface area (Å²) < 4.78 is 5.84. The van der Waals surface area contributed by atoms with Crippen molar-refractivity contribution in [3.63, 3.8) is 0 Å². The lowest BCUT2D eigenvalue weighted by Crippen LogP contribution is -2.62. The number of ether oxygens (including phenoxy) is 1. The second kappa shape index (κ2) is 9.33. The molecule has 1 amide bonds. The fraction of sp³-hybridized carbons (Fsp3) is 0.789. The zero-order chi connectivity index (χ0) is 18.3. The smallest absolute Gasteiger partial charge is 0.217 e. The van der Waals surface area contributed by atoms with Gasteiger partial charge in [0.1, 0.15) is 5.78 Å². The molecule has 5 nitrogen and oxygen atoms in total. The van der Waals surface area contributed by atoms with Gasteiger partial charge in [0.2, 0.25) is 5.91 Å². The van der Waals surface area contributed by atoms with Crippen LogP contribution in [0.25, 0.3) is 0 Å². The van der Waals surface area contributed by atoms with Gasteiger partial charge in [-0.25, -0.2) is 0 Å². The van der Waals surface area contributed by atoms with Crippen molar-refractivity contribution in [3.8, 4) is 0 Å². The Morgan fingerprint density at radius 1 is 1.42 bits per heavy atom. The highest BCUT2D eigenvalue weighted by Crippen LogP contribution is 2.33. The largest absolute Gasteiger partial charge is 0.376 e. The summed E-state index contributed by atoms with van der Waals surface area (Å²) in [6, 6.07) is -0.377. The molecule has 1 aliphatic heterocycles. The van der Waals surface area contributed by atoms with E-state index in [4.69, 9.17) is 4.74 Å². The van der Waals surface area contributed by atoms with Crippen molar-refractivity contribution < 1.29 is 14.3 Å². The molecule has 1 aliphatic rings. The Kier molecular flexibility index (Phi) is 8.10. The summed E-state index contributed by atoms with van der Waals surface area (Å²) in [5.74, 6) is 0.340.